The molecule has 116 valence electrons. The van der Waals surface area contributed by atoms with Crippen molar-refractivity contribution in [2.24, 2.45) is 5.73 Å². The molecule has 22 heavy (non-hydrogen) atoms. The third-order valence-corrected chi connectivity index (χ3v) is 4.09. The number of carbonyl (C=O) groups excluding carboxylic acids is 1. The van der Waals surface area contributed by atoms with E-state index in [0.29, 0.717) is 5.69 Å². The molecule has 0 unspecified atom stereocenters. The van der Waals surface area contributed by atoms with Gasteiger partial charge in [-0.2, -0.15) is 0 Å². The molecule has 1 amide bonds. The number of benzene rings is 1. The fourth-order valence-corrected chi connectivity index (χ4v) is 2.67. The molecule has 0 bridgehead atoms. The molecule has 0 atom stereocenters. The second-order valence-corrected chi connectivity index (χ2v) is 5.61. The SMILES string of the molecule is Cc1c(C(N)=O)nnn1-c1ccc(N2CCN(C)CC2)cc1. The third-order valence-electron chi connectivity index (χ3n) is 4.09. The van der Waals surface area contributed by atoms with Crippen LogP contribution in [0.5, 0.6) is 0 Å². The van der Waals surface area contributed by atoms with Crippen LogP contribution in [-0.2, 0) is 0 Å². The first-order valence-corrected chi connectivity index (χ1v) is 7.32. The number of hydrogen-bond acceptors (Lipinski definition) is 5. The Hall–Kier alpha value is -2.41. The van der Waals surface area contributed by atoms with E-state index < -0.39 is 5.91 Å². The van der Waals surface area contributed by atoms with E-state index in [0.717, 1.165) is 31.9 Å². The third kappa shape index (κ3) is 2.67. The minimum Gasteiger partial charge on any atom is -0.369 e. The molecule has 1 aromatic heterocycles. The van der Waals surface area contributed by atoms with Gasteiger partial charge in [-0.25, -0.2) is 4.68 Å². The van der Waals surface area contributed by atoms with Crippen molar-refractivity contribution in [1.29, 1.82) is 0 Å². The van der Waals surface area contributed by atoms with E-state index in [1.165, 1.54) is 5.69 Å². The van der Waals surface area contributed by atoms with Crippen molar-refractivity contribution >= 4 is 11.6 Å². The molecule has 3 rings (SSSR count). The van der Waals surface area contributed by atoms with E-state index in [2.05, 4.69) is 39.3 Å². The predicted molar refractivity (Wildman–Crippen MR) is 84.3 cm³/mol. The van der Waals surface area contributed by atoms with Gasteiger partial charge in [0.05, 0.1) is 11.4 Å². The van der Waals surface area contributed by atoms with Crippen LogP contribution in [0.1, 0.15) is 16.2 Å². The molecule has 0 aliphatic carbocycles. The van der Waals surface area contributed by atoms with Crippen LogP contribution in [0, 0.1) is 6.92 Å². The molecule has 1 aromatic carbocycles. The van der Waals surface area contributed by atoms with Crippen LogP contribution in [0.2, 0.25) is 0 Å². The van der Waals surface area contributed by atoms with Crippen LogP contribution in [0.15, 0.2) is 24.3 Å². The van der Waals surface area contributed by atoms with Crippen LogP contribution in [0.4, 0.5) is 5.69 Å². The van der Waals surface area contributed by atoms with Gasteiger partial charge in [-0.1, -0.05) is 5.21 Å². The average Bonchev–Trinajstić information content (AvgIpc) is 2.90. The van der Waals surface area contributed by atoms with Crippen molar-refractivity contribution in [3.63, 3.8) is 0 Å². The number of carbonyl (C=O) groups is 1. The standard InChI is InChI=1S/C15H20N6O/c1-11-14(15(16)22)17-18-21(11)13-5-3-12(4-6-13)20-9-7-19(2)8-10-20/h3-6H,7-10H2,1-2H3,(H2,16,22). The summed E-state index contributed by atoms with van der Waals surface area (Å²) < 4.78 is 1.63. The van der Waals surface area contributed by atoms with Crippen molar-refractivity contribution in [3.05, 3.63) is 35.7 Å². The second-order valence-electron chi connectivity index (χ2n) is 5.61. The molecule has 7 nitrogen and oxygen atoms in total. The lowest BCUT2D eigenvalue weighted by molar-refractivity contribution is 0.0995. The summed E-state index contributed by atoms with van der Waals surface area (Å²) in [6.45, 7) is 6.00. The number of hydrogen-bond donors (Lipinski definition) is 1. The van der Waals surface area contributed by atoms with Crippen LogP contribution in [0.25, 0.3) is 5.69 Å². The van der Waals surface area contributed by atoms with Gasteiger partial charge < -0.3 is 15.5 Å². The van der Waals surface area contributed by atoms with Crippen LogP contribution >= 0.6 is 0 Å². The van der Waals surface area contributed by atoms with Crippen molar-refractivity contribution < 1.29 is 4.79 Å². The van der Waals surface area contributed by atoms with E-state index in [9.17, 15) is 4.79 Å². The molecule has 0 saturated carbocycles. The molecule has 2 aromatic rings. The zero-order valence-corrected chi connectivity index (χ0v) is 12.9. The summed E-state index contributed by atoms with van der Waals surface area (Å²) in [6, 6.07) is 8.12. The van der Waals surface area contributed by atoms with Crippen molar-refractivity contribution in [2.75, 3.05) is 38.1 Å². The number of primary amides is 1. The number of rotatable bonds is 3. The first kappa shape index (κ1) is 14.5. The highest BCUT2D eigenvalue weighted by molar-refractivity contribution is 5.91. The monoisotopic (exact) mass is 300 g/mol. The summed E-state index contributed by atoms with van der Waals surface area (Å²) in [7, 11) is 2.14. The summed E-state index contributed by atoms with van der Waals surface area (Å²) in [5.41, 5.74) is 8.21. The summed E-state index contributed by atoms with van der Waals surface area (Å²) >= 11 is 0. The number of amides is 1. The van der Waals surface area contributed by atoms with Gasteiger partial charge >= 0.3 is 0 Å². The smallest absolute Gasteiger partial charge is 0.271 e. The van der Waals surface area contributed by atoms with E-state index in [1.54, 1.807) is 11.6 Å². The van der Waals surface area contributed by atoms with Crippen molar-refractivity contribution in [3.8, 4) is 5.69 Å². The zero-order valence-electron chi connectivity index (χ0n) is 12.9. The lowest BCUT2D eigenvalue weighted by Crippen LogP contribution is -2.44. The van der Waals surface area contributed by atoms with Crippen LogP contribution < -0.4 is 10.6 Å². The van der Waals surface area contributed by atoms with E-state index in [-0.39, 0.29) is 5.69 Å². The zero-order chi connectivity index (χ0) is 15.7. The fraction of sp³-hybridized carbons (Fsp3) is 0.400. The van der Waals surface area contributed by atoms with E-state index in [1.807, 2.05) is 12.1 Å². The number of piperazine rings is 1. The predicted octanol–water partition coefficient (Wildman–Crippen LogP) is 0.426. The van der Waals surface area contributed by atoms with E-state index in [4.69, 9.17) is 5.73 Å². The second kappa shape index (κ2) is 5.76. The van der Waals surface area contributed by atoms with Crippen LogP contribution in [0.3, 0.4) is 0 Å². The Labute approximate surface area is 129 Å². The molecule has 1 aliphatic rings. The Balaban J connectivity index is 1.81. The molecule has 7 heteroatoms. The molecule has 1 fully saturated rings. The quantitative estimate of drug-likeness (QED) is 0.889. The van der Waals surface area contributed by atoms with Gasteiger partial charge in [-0.05, 0) is 38.2 Å². The lowest BCUT2D eigenvalue weighted by atomic mass is 10.2. The Morgan fingerprint density at radius 3 is 2.23 bits per heavy atom. The first-order valence-electron chi connectivity index (χ1n) is 7.32. The first-order chi connectivity index (χ1) is 10.6. The van der Waals surface area contributed by atoms with Crippen molar-refractivity contribution in [2.45, 2.75) is 6.92 Å². The highest BCUT2D eigenvalue weighted by Gasteiger charge is 2.16. The number of anilines is 1. The number of nitrogens with two attached hydrogens (primary N) is 1. The summed E-state index contributed by atoms with van der Waals surface area (Å²) in [4.78, 5) is 15.9. The molecular weight excluding hydrogens is 280 g/mol. The Morgan fingerprint density at radius 1 is 1.09 bits per heavy atom. The normalized spacial score (nSPS) is 16.0. The molecule has 2 heterocycles. The Kier molecular flexibility index (Phi) is 3.81. The molecule has 2 N–H and O–H groups in total. The van der Waals surface area contributed by atoms with Gasteiger partial charge in [0, 0.05) is 31.9 Å². The summed E-state index contributed by atoms with van der Waals surface area (Å²) in [5.74, 6) is -0.558. The van der Waals surface area contributed by atoms with E-state index >= 15 is 0 Å². The summed E-state index contributed by atoms with van der Waals surface area (Å²) in [6.07, 6.45) is 0. The van der Waals surface area contributed by atoms with Crippen LogP contribution in [-0.4, -0.2) is 59.0 Å². The molecule has 1 aliphatic heterocycles. The van der Waals surface area contributed by atoms with Gasteiger partial charge in [0.25, 0.3) is 5.91 Å². The van der Waals surface area contributed by atoms with Gasteiger partial charge in [0.1, 0.15) is 0 Å². The minimum atomic E-state index is -0.558. The summed E-state index contributed by atoms with van der Waals surface area (Å²) in [5, 5.41) is 7.84. The van der Waals surface area contributed by atoms with Gasteiger partial charge in [0.2, 0.25) is 0 Å². The topological polar surface area (TPSA) is 80.3 Å². The van der Waals surface area contributed by atoms with Gasteiger partial charge in [-0.3, -0.25) is 4.79 Å². The van der Waals surface area contributed by atoms with Gasteiger partial charge in [-0.15, -0.1) is 5.10 Å². The Bertz CT molecular complexity index is 670. The maximum Gasteiger partial charge on any atom is 0.271 e. The molecule has 0 radical (unpaired) electrons. The Morgan fingerprint density at radius 2 is 1.68 bits per heavy atom. The number of aromatic nitrogens is 3. The lowest BCUT2D eigenvalue weighted by Gasteiger charge is -2.34. The fourth-order valence-electron chi connectivity index (χ4n) is 2.67. The van der Waals surface area contributed by atoms with Gasteiger partial charge in [0.15, 0.2) is 5.69 Å². The minimum absolute atomic E-state index is 0.211. The largest absolute Gasteiger partial charge is 0.369 e. The highest BCUT2D eigenvalue weighted by Crippen LogP contribution is 2.19. The average molecular weight is 300 g/mol. The molecule has 0 spiro atoms. The number of likely N-dealkylation sites (N-methyl/N-ethyl adjacent to an activating group) is 1. The maximum absolute atomic E-state index is 11.2. The highest BCUT2D eigenvalue weighted by atomic mass is 16.1. The molecular formula is C15H20N6O. The number of nitrogens with zero attached hydrogens (tertiary/aromatic N) is 5. The van der Waals surface area contributed by atoms with Crippen molar-refractivity contribution in [1.82, 2.24) is 19.9 Å². The molecule has 1 saturated heterocycles. The maximum atomic E-state index is 11.2.